The Labute approximate surface area is 162 Å². The number of anilines is 2. The number of nitrogens with one attached hydrogen (secondary N) is 2. The molecule has 2 amide bonds. The first-order valence-corrected chi connectivity index (χ1v) is 8.82. The Hall–Kier alpha value is -3.80. The number of fused-ring (bicyclic) bond motifs is 1. The quantitative estimate of drug-likeness (QED) is 0.711. The number of carbonyl (C=O) groups is 2. The maximum Gasteiger partial charge on any atom is 0.262 e. The summed E-state index contributed by atoms with van der Waals surface area (Å²) in [6.45, 7) is 0.465. The van der Waals surface area contributed by atoms with Crippen LogP contribution >= 0.6 is 0 Å². The molecule has 140 valence electrons. The average Bonchev–Trinajstić information content (AvgIpc) is 2.73. The van der Waals surface area contributed by atoms with E-state index in [1.807, 2.05) is 30.3 Å². The average molecular weight is 374 g/mol. The number of benzene rings is 3. The van der Waals surface area contributed by atoms with E-state index in [9.17, 15) is 9.59 Å². The Kier molecular flexibility index (Phi) is 4.93. The summed E-state index contributed by atoms with van der Waals surface area (Å²) in [5.74, 6) is 0.797. The van der Waals surface area contributed by atoms with Crippen LogP contribution in [0.4, 0.5) is 11.4 Å². The molecule has 28 heavy (non-hydrogen) atoms. The lowest BCUT2D eigenvalue weighted by Crippen LogP contribution is -2.25. The number of rotatable bonds is 5. The maximum absolute atomic E-state index is 12.5. The zero-order valence-electron chi connectivity index (χ0n) is 15.0. The highest BCUT2D eigenvalue weighted by Crippen LogP contribution is 2.30. The molecule has 6 heteroatoms. The van der Waals surface area contributed by atoms with E-state index in [2.05, 4.69) is 10.6 Å². The molecule has 3 aromatic carbocycles. The molecule has 0 fully saturated rings. The van der Waals surface area contributed by atoms with Crippen LogP contribution in [0.2, 0.25) is 0 Å². The van der Waals surface area contributed by atoms with E-state index in [0.29, 0.717) is 35.0 Å². The molecule has 0 saturated carbocycles. The Morgan fingerprint density at radius 3 is 2.61 bits per heavy atom. The molecule has 0 bridgehead atoms. The lowest BCUT2D eigenvalue weighted by atomic mass is 10.2. The van der Waals surface area contributed by atoms with Crippen LogP contribution in [0.1, 0.15) is 15.9 Å². The first kappa shape index (κ1) is 17.6. The summed E-state index contributed by atoms with van der Waals surface area (Å²) in [6.07, 6.45) is 0. The molecule has 0 aromatic heterocycles. The van der Waals surface area contributed by atoms with Gasteiger partial charge in [0.05, 0.1) is 5.69 Å². The van der Waals surface area contributed by atoms with E-state index in [4.69, 9.17) is 9.47 Å². The summed E-state index contributed by atoms with van der Waals surface area (Å²) in [5, 5.41) is 5.53. The molecular formula is C22H18N2O4. The van der Waals surface area contributed by atoms with Crippen LogP contribution in [-0.4, -0.2) is 18.4 Å². The van der Waals surface area contributed by atoms with Gasteiger partial charge in [-0.25, -0.2) is 0 Å². The van der Waals surface area contributed by atoms with Gasteiger partial charge in [0.15, 0.2) is 6.61 Å². The summed E-state index contributed by atoms with van der Waals surface area (Å²) in [5.41, 5.74) is 2.69. The van der Waals surface area contributed by atoms with Crippen molar-refractivity contribution in [3.63, 3.8) is 0 Å². The molecule has 0 unspecified atom stereocenters. The molecule has 4 rings (SSSR count). The second kappa shape index (κ2) is 7.84. The van der Waals surface area contributed by atoms with Gasteiger partial charge in [0.1, 0.15) is 18.1 Å². The van der Waals surface area contributed by atoms with E-state index in [-0.39, 0.29) is 18.4 Å². The minimum absolute atomic E-state index is 0.00258. The lowest BCUT2D eigenvalue weighted by molar-refractivity contribution is -0.118. The summed E-state index contributed by atoms with van der Waals surface area (Å²) in [4.78, 5) is 23.9. The number of hydrogen-bond donors (Lipinski definition) is 2. The van der Waals surface area contributed by atoms with Crippen LogP contribution in [0.25, 0.3) is 0 Å². The summed E-state index contributed by atoms with van der Waals surface area (Å²) in [7, 11) is 0. The van der Waals surface area contributed by atoms with E-state index >= 15 is 0 Å². The predicted molar refractivity (Wildman–Crippen MR) is 106 cm³/mol. The second-order valence-electron chi connectivity index (χ2n) is 6.30. The Bertz CT molecular complexity index is 1000. The monoisotopic (exact) mass is 374 g/mol. The third-order valence-electron chi connectivity index (χ3n) is 4.24. The Balaban J connectivity index is 1.38. The molecular weight excluding hydrogens is 356 g/mol. The molecule has 0 saturated heterocycles. The molecule has 3 aromatic rings. The van der Waals surface area contributed by atoms with Crippen molar-refractivity contribution in [3.8, 4) is 11.5 Å². The highest BCUT2D eigenvalue weighted by atomic mass is 16.5. The van der Waals surface area contributed by atoms with Gasteiger partial charge in [0.2, 0.25) is 0 Å². The normalized spacial score (nSPS) is 12.4. The fourth-order valence-corrected chi connectivity index (χ4v) is 2.81. The smallest absolute Gasteiger partial charge is 0.262 e. The minimum Gasteiger partial charge on any atom is -0.489 e. The molecule has 0 aliphatic carbocycles. The second-order valence-corrected chi connectivity index (χ2v) is 6.30. The summed E-state index contributed by atoms with van der Waals surface area (Å²) >= 11 is 0. The van der Waals surface area contributed by atoms with Gasteiger partial charge < -0.3 is 20.1 Å². The van der Waals surface area contributed by atoms with Crippen LogP contribution in [0.3, 0.4) is 0 Å². The van der Waals surface area contributed by atoms with Gasteiger partial charge in [-0.15, -0.1) is 0 Å². The molecule has 6 nitrogen and oxygen atoms in total. The van der Waals surface area contributed by atoms with E-state index in [1.165, 1.54) is 0 Å². The van der Waals surface area contributed by atoms with Crippen LogP contribution in [0, 0.1) is 0 Å². The number of hydrogen-bond acceptors (Lipinski definition) is 4. The fraction of sp³-hybridized carbons (Fsp3) is 0.0909. The van der Waals surface area contributed by atoms with Crippen molar-refractivity contribution in [2.45, 2.75) is 6.61 Å². The lowest BCUT2D eigenvalue weighted by Gasteiger charge is -2.18. The van der Waals surface area contributed by atoms with Crippen molar-refractivity contribution in [1.29, 1.82) is 0 Å². The van der Waals surface area contributed by atoms with Crippen molar-refractivity contribution < 1.29 is 19.1 Å². The first-order chi connectivity index (χ1) is 13.7. The third kappa shape index (κ3) is 4.12. The summed E-state index contributed by atoms with van der Waals surface area (Å²) < 4.78 is 11.0. The van der Waals surface area contributed by atoms with Crippen molar-refractivity contribution in [1.82, 2.24) is 0 Å². The number of ether oxygens (including phenoxy) is 2. The van der Waals surface area contributed by atoms with E-state index < -0.39 is 0 Å². The largest absolute Gasteiger partial charge is 0.489 e. The fourth-order valence-electron chi connectivity index (χ4n) is 2.81. The molecule has 1 aliphatic heterocycles. The number of amides is 2. The van der Waals surface area contributed by atoms with Crippen LogP contribution < -0.4 is 20.1 Å². The van der Waals surface area contributed by atoms with Crippen LogP contribution in [0.5, 0.6) is 11.5 Å². The van der Waals surface area contributed by atoms with Gasteiger partial charge in [0.25, 0.3) is 11.8 Å². The predicted octanol–water partition coefficient (Wildman–Crippen LogP) is 3.85. The van der Waals surface area contributed by atoms with E-state index in [0.717, 1.165) is 5.56 Å². The minimum atomic E-state index is -0.252. The summed E-state index contributed by atoms with van der Waals surface area (Å²) in [6, 6.07) is 21.9. The topological polar surface area (TPSA) is 76.7 Å². The standard InChI is InChI=1S/C22H18N2O4/c25-21-14-28-20-11-8-17(12-19(20)24-21)23-22(26)16-6-9-18(10-7-16)27-13-15-4-2-1-3-5-15/h1-12H,13-14H2,(H,23,26)(H,24,25). The molecule has 2 N–H and O–H groups in total. The number of carbonyl (C=O) groups excluding carboxylic acids is 2. The molecule has 1 heterocycles. The van der Waals surface area contributed by atoms with Crippen molar-refractivity contribution in [3.05, 3.63) is 83.9 Å². The van der Waals surface area contributed by atoms with Gasteiger partial charge >= 0.3 is 0 Å². The van der Waals surface area contributed by atoms with Gasteiger partial charge in [-0.3, -0.25) is 9.59 Å². The van der Waals surface area contributed by atoms with Gasteiger partial charge in [-0.05, 0) is 48.0 Å². The zero-order chi connectivity index (χ0) is 19.3. The van der Waals surface area contributed by atoms with Crippen LogP contribution in [0.15, 0.2) is 72.8 Å². The van der Waals surface area contributed by atoms with Crippen LogP contribution in [-0.2, 0) is 11.4 Å². The SMILES string of the molecule is O=C1COc2ccc(NC(=O)c3ccc(OCc4ccccc4)cc3)cc2N1. The van der Waals surface area contributed by atoms with Gasteiger partial charge in [-0.2, -0.15) is 0 Å². The van der Waals surface area contributed by atoms with E-state index in [1.54, 1.807) is 42.5 Å². The van der Waals surface area contributed by atoms with Crippen molar-refractivity contribution >= 4 is 23.2 Å². The molecule has 0 radical (unpaired) electrons. The highest BCUT2D eigenvalue weighted by molar-refractivity contribution is 6.05. The molecule has 0 spiro atoms. The molecule has 1 aliphatic rings. The Morgan fingerprint density at radius 2 is 1.82 bits per heavy atom. The first-order valence-electron chi connectivity index (χ1n) is 8.82. The highest BCUT2D eigenvalue weighted by Gasteiger charge is 2.16. The zero-order valence-corrected chi connectivity index (χ0v) is 15.0. The van der Waals surface area contributed by atoms with Crippen molar-refractivity contribution in [2.24, 2.45) is 0 Å². The molecule has 0 atom stereocenters. The maximum atomic E-state index is 12.5. The third-order valence-corrected chi connectivity index (χ3v) is 4.24. The van der Waals surface area contributed by atoms with Crippen molar-refractivity contribution in [2.75, 3.05) is 17.2 Å². The van der Waals surface area contributed by atoms with Gasteiger partial charge in [0, 0.05) is 11.3 Å². The van der Waals surface area contributed by atoms with Gasteiger partial charge in [-0.1, -0.05) is 30.3 Å². The Morgan fingerprint density at radius 1 is 1.04 bits per heavy atom.